The van der Waals surface area contributed by atoms with E-state index in [9.17, 15) is 12.8 Å². The van der Waals surface area contributed by atoms with Crippen molar-refractivity contribution in [3.05, 3.63) is 29.6 Å². The van der Waals surface area contributed by atoms with Gasteiger partial charge in [-0.1, -0.05) is 19.8 Å². The molecule has 1 fully saturated rings. The van der Waals surface area contributed by atoms with Crippen LogP contribution in [0.1, 0.15) is 38.2 Å². The largest absolute Gasteiger partial charge is 0.329 e. The quantitative estimate of drug-likeness (QED) is 0.860. The molecule has 1 saturated carbocycles. The first kappa shape index (κ1) is 19.8. The molecule has 0 bridgehead atoms. The molecule has 0 aliphatic heterocycles. The van der Waals surface area contributed by atoms with Crippen molar-refractivity contribution >= 4 is 22.4 Å². The van der Waals surface area contributed by atoms with Gasteiger partial charge in [-0.05, 0) is 37.0 Å². The second-order valence-corrected chi connectivity index (χ2v) is 7.55. The number of nitrogens with one attached hydrogen (secondary N) is 1. The molecular formula is C15H21ClFN3O2S. The van der Waals surface area contributed by atoms with E-state index in [1.807, 2.05) is 6.92 Å². The second-order valence-electron chi connectivity index (χ2n) is 5.87. The third-order valence-electron chi connectivity index (χ3n) is 4.52. The number of halogens is 2. The van der Waals surface area contributed by atoms with Crippen LogP contribution in [-0.4, -0.2) is 20.5 Å². The van der Waals surface area contributed by atoms with Crippen molar-refractivity contribution in [3.8, 4) is 6.07 Å². The number of nitrogens with two attached hydrogens (primary N) is 1. The number of benzene rings is 1. The molecule has 1 aromatic rings. The molecule has 0 spiro atoms. The van der Waals surface area contributed by atoms with E-state index >= 15 is 0 Å². The van der Waals surface area contributed by atoms with Crippen LogP contribution in [0.15, 0.2) is 23.1 Å². The number of nitriles is 1. The van der Waals surface area contributed by atoms with Gasteiger partial charge in [0.1, 0.15) is 11.9 Å². The minimum atomic E-state index is -3.86. The SMILES string of the molecule is CC1CCCCC1(CN)NS(=O)(=O)c1ccc(F)c(C#N)c1.Cl. The van der Waals surface area contributed by atoms with E-state index in [0.29, 0.717) is 6.42 Å². The molecule has 1 aromatic carbocycles. The van der Waals surface area contributed by atoms with Crippen molar-refractivity contribution in [2.75, 3.05) is 6.54 Å². The average molecular weight is 362 g/mol. The number of hydrogen-bond acceptors (Lipinski definition) is 4. The first-order valence-electron chi connectivity index (χ1n) is 7.28. The second kappa shape index (κ2) is 7.58. The summed E-state index contributed by atoms with van der Waals surface area (Å²) in [5.74, 6) is -0.613. The van der Waals surface area contributed by atoms with E-state index in [0.717, 1.165) is 37.5 Å². The molecule has 8 heteroatoms. The van der Waals surface area contributed by atoms with Crippen LogP contribution in [0.4, 0.5) is 4.39 Å². The molecule has 128 valence electrons. The number of sulfonamides is 1. The Bertz CT molecular complexity index is 705. The number of nitrogens with zero attached hydrogens (tertiary/aromatic N) is 1. The van der Waals surface area contributed by atoms with E-state index in [1.54, 1.807) is 6.07 Å². The smallest absolute Gasteiger partial charge is 0.241 e. The molecule has 2 rings (SSSR count). The lowest BCUT2D eigenvalue weighted by atomic mass is 9.74. The molecule has 0 amide bonds. The van der Waals surface area contributed by atoms with Crippen LogP contribution in [0.25, 0.3) is 0 Å². The Morgan fingerprint density at radius 2 is 2.17 bits per heavy atom. The van der Waals surface area contributed by atoms with E-state index in [2.05, 4.69) is 4.72 Å². The van der Waals surface area contributed by atoms with Crippen LogP contribution in [0.3, 0.4) is 0 Å². The van der Waals surface area contributed by atoms with Gasteiger partial charge in [0, 0.05) is 12.1 Å². The number of rotatable bonds is 4. The van der Waals surface area contributed by atoms with Crippen LogP contribution in [0.2, 0.25) is 0 Å². The molecule has 23 heavy (non-hydrogen) atoms. The molecule has 1 aliphatic carbocycles. The molecule has 1 aliphatic rings. The molecule has 3 N–H and O–H groups in total. The van der Waals surface area contributed by atoms with E-state index in [1.165, 1.54) is 0 Å². The Morgan fingerprint density at radius 1 is 1.48 bits per heavy atom. The lowest BCUT2D eigenvalue weighted by Gasteiger charge is -2.42. The Balaban J connectivity index is 0.00000264. The first-order chi connectivity index (χ1) is 10.3. The van der Waals surface area contributed by atoms with Gasteiger partial charge in [0.05, 0.1) is 10.5 Å². The zero-order chi connectivity index (χ0) is 16.4. The van der Waals surface area contributed by atoms with E-state index in [-0.39, 0.29) is 35.3 Å². The van der Waals surface area contributed by atoms with Gasteiger partial charge in [-0.3, -0.25) is 0 Å². The Morgan fingerprint density at radius 3 is 2.74 bits per heavy atom. The van der Waals surface area contributed by atoms with E-state index in [4.69, 9.17) is 11.0 Å². The maximum absolute atomic E-state index is 13.4. The highest BCUT2D eigenvalue weighted by molar-refractivity contribution is 7.89. The van der Waals surface area contributed by atoms with Gasteiger partial charge in [-0.15, -0.1) is 12.4 Å². The molecule has 2 atom stereocenters. The highest BCUT2D eigenvalue weighted by Crippen LogP contribution is 2.34. The van der Waals surface area contributed by atoms with E-state index < -0.39 is 21.4 Å². The maximum atomic E-state index is 13.4. The summed E-state index contributed by atoms with van der Waals surface area (Å²) in [6.45, 7) is 2.19. The fourth-order valence-electron chi connectivity index (χ4n) is 2.99. The third-order valence-corrected chi connectivity index (χ3v) is 6.07. The minimum absolute atomic E-state index is 0. The van der Waals surface area contributed by atoms with Crippen molar-refractivity contribution in [1.29, 1.82) is 5.26 Å². The topological polar surface area (TPSA) is 96.0 Å². The monoisotopic (exact) mass is 361 g/mol. The van der Waals surface area contributed by atoms with Gasteiger partial charge in [0.25, 0.3) is 0 Å². The minimum Gasteiger partial charge on any atom is -0.329 e. The molecule has 0 aromatic heterocycles. The summed E-state index contributed by atoms with van der Waals surface area (Å²) in [5.41, 5.74) is 4.88. The maximum Gasteiger partial charge on any atom is 0.241 e. The van der Waals surface area contributed by atoms with Crippen molar-refractivity contribution in [1.82, 2.24) is 4.72 Å². The zero-order valence-electron chi connectivity index (χ0n) is 12.9. The molecule has 0 heterocycles. The lowest BCUT2D eigenvalue weighted by Crippen LogP contribution is -2.58. The molecular weight excluding hydrogens is 341 g/mol. The molecule has 2 unspecified atom stereocenters. The van der Waals surface area contributed by atoms with Gasteiger partial charge >= 0.3 is 0 Å². The summed E-state index contributed by atoms with van der Waals surface area (Å²) in [7, 11) is -3.86. The summed E-state index contributed by atoms with van der Waals surface area (Å²) in [6, 6.07) is 4.86. The fourth-order valence-corrected chi connectivity index (χ4v) is 4.55. The third kappa shape index (κ3) is 4.01. The molecule has 5 nitrogen and oxygen atoms in total. The summed E-state index contributed by atoms with van der Waals surface area (Å²) in [6.07, 6.45) is 3.56. The van der Waals surface area contributed by atoms with Gasteiger partial charge in [0.15, 0.2) is 0 Å². The van der Waals surface area contributed by atoms with Crippen molar-refractivity contribution in [3.63, 3.8) is 0 Å². The predicted molar refractivity (Wildman–Crippen MR) is 88.1 cm³/mol. The first-order valence-corrected chi connectivity index (χ1v) is 8.76. The standard InChI is InChI=1S/C15H20FN3O2S.ClH/c1-11-4-2-3-7-15(11,10-18)19-22(20,21)13-5-6-14(16)12(8-13)9-17;/h5-6,8,11,19H,2-4,7,10,18H2,1H3;1H. The van der Waals surface area contributed by atoms with Crippen LogP contribution in [0, 0.1) is 23.1 Å². The van der Waals surface area contributed by atoms with Gasteiger partial charge < -0.3 is 5.73 Å². The summed E-state index contributed by atoms with van der Waals surface area (Å²) in [5, 5.41) is 8.84. The van der Waals surface area contributed by atoms with Crippen LogP contribution < -0.4 is 10.5 Å². The Kier molecular flexibility index (Phi) is 6.54. The fraction of sp³-hybridized carbons (Fsp3) is 0.533. The van der Waals surface area contributed by atoms with Gasteiger partial charge in [-0.2, -0.15) is 5.26 Å². The van der Waals surface area contributed by atoms with Gasteiger partial charge in [-0.25, -0.2) is 17.5 Å². The van der Waals surface area contributed by atoms with Crippen molar-refractivity contribution in [2.24, 2.45) is 11.7 Å². The zero-order valence-corrected chi connectivity index (χ0v) is 14.5. The van der Waals surface area contributed by atoms with Gasteiger partial charge in [0.2, 0.25) is 10.0 Å². The van der Waals surface area contributed by atoms with Crippen LogP contribution in [0.5, 0.6) is 0 Å². The van der Waals surface area contributed by atoms with Crippen LogP contribution >= 0.6 is 12.4 Å². The average Bonchev–Trinajstić information content (AvgIpc) is 2.49. The van der Waals surface area contributed by atoms with Crippen molar-refractivity contribution in [2.45, 2.75) is 43.0 Å². The Labute approximate surface area is 142 Å². The Hall–Kier alpha value is -1.20. The normalized spacial score (nSPS) is 24.5. The van der Waals surface area contributed by atoms with Crippen LogP contribution in [-0.2, 0) is 10.0 Å². The number of hydrogen-bond donors (Lipinski definition) is 2. The molecule has 0 radical (unpaired) electrons. The predicted octanol–water partition coefficient (Wildman–Crippen LogP) is 2.31. The molecule has 0 saturated heterocycles. The summed E-state index contributed by atoms with van der Waals surface area (Å²) < 4.78 is 41.3. The highest BCUT2D eigenvalue weighted by atomic mass is 35.5. The highest BCUT2D eigenvalue weighted by Gasteiger charge is 2.40. The lowest BCUT2D eigenvalue weighted by molar-refractivity contribution is 0.191. The summed E-state index contributed by atoms with van der Waals surface area (Å²) in [4.78, 5) is -0.115. The van der Waals surface area contributed by atoms with Crippen molar-refractivity contribution < 1.29 is 12.8 Å². The summed E-state index contributed by atoms with van der Waals surface area (Å²) >= 11 is 0.